The quantitative estimate of drug-likeness (QED) is 0.355. The minimum atomic E-state index is -2.16. The maximum Gasteiger partial charge on any atom is 0.329 e. The molecule has 3 saturated carbocycles. The summed E-state index contributed by atoms with van der Waals surface area (Å²) < 4.78 is 24.5. The van der Waals surface area contributed by atoms with E-state index >= 15 is 4.39 Å². The summed E-state index contributed by atoms with van der Waals surface area (Å²) in [6, 6.07) is -2.12. The van der Waals surface area contributed by atoms with Crippen molar-refractivity contribution in [2.24, 2.45) is 34.3 Å². The van der Waals surface area contributed by atoms with Crippen molar-refractivity contribution in [3.05, 3.63) is 42.0 Å². The van der Waals surface area contributed by atoms with Crippen LogP contribution in [0, 0.1) is 28.6 Å². The van der Waals surface area contributed by atoms with E-state index in [2.05, 4.69) is 15.3 Å². The number of hydrogen-bond donors (Lipinski definition) is 4. The van der Waals surface area contributed by atoms with Crippen molar-refractivity contribution in [1.82, 2.24) is 15.3 Å². The number of nitrogens with zero attached hydrogens (tertiary/aromatic N) is 1. The summed E-state index contributed by atoms with van der Waals surface area (Å²) in [4.78, 5) is 58.6. The number of alkyl halides is 1. The lowest BCUT2D eigenvalue weighted by atomic mass is 9.43. The van der Waals surface area contributed by atoms with Gasteiger partial charge in [-0.15, -0.1) is 0 Å². The van der Waals surface area contributed by atoms with Gasteiger partial charge in [0.2, 0.25) is 5.91 Å². The van der Waals surface area contributed by atoms with Crippen molar-refractivity contribution < 1.29 is 33.4 Å². The first-order valence-corrected chi connectivity index (χ1v) is 14.7. The van der Waals surface area contributed by atoms with Gasteiger partial charge < -0.3 is 25.9 Å². The first-order valence-electron chi connectivity index (χ1n) is 14.7. The van der Waals surface area contributed by atoms with Gasteiger partial charge >= 0.3 is 5.97 Å². The van der Waals surface area contributed by atoms with Gasteiger partial charge in [-0.3, -0.25) is 14.4 Å². The predicted molar refractivity (Wildman–Crippen MR) is 150 cm³/mol. The number of Topliss-reactive ketones (excluding diaryl/α,β-unsaturated/α-hetero) is 1. The summed E-state index contributed by atoms with van der Waals surface area (Å²) >= 11 is 0. The molecular formula is C31H41FN4O6. The van der Waals surface area contributed by atoms with Gasteiger partial charge in [0, 0.05) is 35.1 Å². The molecule has 5 N–H and O–H groups in total. The van der Waals surface area contributed by atoms with Gasteiger partial charge in [-0.1, -0.05) is 25.5 Å². The second-order valence-electron chi connectivity index (χ2n) is 13.3. The Balaban J connectivity index is 1.59. The van der Waals surface area contributed by atoms with E-state index in [1.807, 2.05) is 6.92 Å². The molecule has 0 saturated heterocycles. The second kappa shape index (κ2) is 10.2. The number of esters is 1. The molecule has 42 heavy (non-hydrogen) atoms. The molecule has 2 unspecified atom stereocenters. The highest BCUT2D eigenvalue weighted by Gasteiger charge is 2.75. The fourth-order valence-corrected chi connectivity index (χ4v) is 8.61. The number of carbonyl (C=O) groups excluding carboxylic acids is 4. The number of aromatic amines is 1. The third-order valence-electron chi connectivity index (χ3n) is 10.9. The average molecular weight is 585 g/mol. The molecule has 3 fully saturated rings. The number of nitrogens with one attached hydrogen (secondary N) is 2. The molecule has 0 aliphatic heterocycles. The summed E-state index contributed by atoms with van der Waals surface area (Å²) in [5.41, 5.74) is 0.727. The van der Waals surface area contributed by atoms with Crippen LogP contribution in [0.25, 0.3) is 0 Å². The number of allylic oxidation sites excluding steroid dienone is 4. The van der Waals surface area contributed by atoms with Crippen molar-refractivity contribution in [1.29, 1.82) is 0 Å². The van der Waals surface area contributed by atoms with Crippen LogP contribution in [0.3, 0.4) is 0 Å². The van der Waals surface area contributed by atoms with Crippen LogP contribution in [-0.2, 0) is 30.3 Å². The van der Waals surface area contributed by atoms with Gasteiger partial charge in [0.25, 0.3) is 0 Å². The molecule has 0 aromatic carbocycles. The number of ether oxygens (including phenoxy) is 1. The number of nitrogens with two attached hydrogens (primary N) is 1. The molecule has 5 rings (SSSR count). The Morgan fingerprint density at radius 1 is 1.31 bits per heavy atom. The highest BCUT2D eigenvalue weighted by Crippen LogP contribution is 2.71. The van der Waals surface area contributed by atoms with Crippen LogP contribution in [0.5, 0.6) is 0 Å². The van der Waals surface area contributed by atoms with Crippen LogP contribution in [0.4, 0.5) is 4.39 Å². The van der Waals surface area contributed by atoms with E-state index in [-0.39, 0.29) is 36.9 Å². The molecule has 4 aliphatic rings. The first kappa shape index (κ1) is 30.3. The number of H-pyrrole nitrogens is 1. The molecule has 10 atom stereocenters. The number of imidazole rings is 1. The van der Waals surface area contributed by atoms with Crippen molar-refractivity contribution >= 4 is 23.4 Å². The van der Waals surface area contributed by atoms with Crippen LogP contribution < -0.4 is 11.1 Å². The highest BCUT2D eigenvalue weighted by molar-refractivity contribution is 6.01. The van der Waals surface area contributed by atoms with Gasteiger partial charge in [-0.2, -0.15) is 0 Å². The molecule has 0 spiro atoms. The van der Waals surface area contributed by atoms with Gasteiger partial charge in [-0.25, -0.2) is 14.2 Å². The van der Waals surface area contributed by atoms with E-state index in [0.717, 1.165) is 0 Å². The Kier molecular flexibility index (Phi) is 7.37. The van der Waals surface area contributed by atoms with Crippen molar-refractivity contribution in [2.75, 3.05) is 0 Å². The van der Waals surface area contributed by atoms with E-state index in [1.165, 1.54) is 38.5 Å². The van der Waals surface area contributed by atoms with E-state index in [0.29, 0.717) is 24.1 Å². The van der Waals surface area contributed by atoms with Gasteiger partial charge in [0.05, 0.1) is 12.4 Å². The number of rotatable bonds is 7. The Morgan fingerprint density at radius 2 is 2.02 bits per heavy atom. The van der Waals surface area contributed by atoms with Gasteiger partial charge in [-0.05, 0) is 70.4 Å². The van der Waals surface area contributed by atoms with E-state index in [1.54, 1.807) is 19.9 Å². The van der Waals surface area contributed by atoms with E-state index in [4.69, 9.17) is 10.5 Å². The summed E-state index contributed by atoms with van der Waals surface area (Å²) in [5, 5.41) is 14.4. The number of amides is 1. The number of ketones is 2. The van der Waals surface area contributed by atoms with Crippen LogP contribution in [0.1, 0.15) is 66.0 Å². The molecule has 10 nitrogen and oxygen atoms in total. The Morgan fingerprint density at radius 3 is 2.64 bits per heavy atom. The number of aromatic nitrogens is 2. The van der Waals surface area contributed by atoms with Crippen LogP contribution in [-0.4, -0.2) is 68.0 Å². The Bertz CT molecular complexity index is 1360. The Hall–Kier alpha value is -3.18. The number of halogens is 1. The highest BCUT2D eigenvalue weighted by atomic mass is 19.1. The minimum absolute atomic E-state index is 0.00212. The van der Waals surface area contributed by atoms with Crippen LogP contribution in [0.2, 0.25) is 0 Å². The maximum absolute atomic E-state index is 18.4. The molecule has 0 radical (unpaired) electrons. The van der Waals surface area contributed by atoms with Crippen molar-refractivity contribution in [2.45, 2.75) is 96.2 Å². The SMILES string of the molecule is CC(=O)[C@@]1(O)CC[C@H]2[C@@H]3C[C@H](C)C4=CC(=O)C=C[C@]4(C)[C@@]3(F)[C@@H](OC(=O)C(Cc3cnc[nH]3)NC(=O)C(C)N)C[C@@]21C. The summed E-state index contributed by atoms with van der Waals surface area (Å²) in [6.07, 6.45) is 6.86. The molecule has 1 heterocycles. The number of carbonyl (C=O) groups is 4. The minimum Gasteiger partial charge on any atom is -0.457 e. The number of hydrogen-bond acceptors (Lipinski definition) is 8. The normalized spacial score (nSPS) is 40.2. The summed E-state index contributed by atoms with van der Waals surface area (Å²) in [5.74, 6) is -3.27. The zero-order valence-electron chi connectivity index (χ0n) is 24.8. The zero-order valence-corrected chi connectivity index (χ0v) is 24.8. The van der Waals surface area contributed by atoms with E-state index < -0.39 is 63.9 Å². The monoisotopic (exact) mass is 584 g/mol. The fourth-order valence-electron chi connectivity index (χ4n) is 8.61. The largest absolute Gasteiger partial charge is 0.457 e. The van der Waals surface area contributed by atoms with Crippen LogP contribution in [0.15, 0.2) is 36.3 Å². The van der Waals surface area contributed by atoms with Gasteiger partial charge in [0.15, 0.2) is 17.2 Å². The topological polar surface area (TPSA) is 164 Å². The standard InChI is InChI=1S/C31H41FN4O6/c1-16-10-23-21-7-9-30(41,18(3)37)29(21,5)13-25(31(23,32)28(4)8-6-20(38)12-22(16)28)42-27(40)24(36-26(39)17(2)33)11-19-14-34-15-35-19/h6,8,12,14-17,21,23-25,41H,7,9-11,13,33H2,1-5H3,(H,34,35)(H,36,39)/t16-,17?,21-,23-,24?,25-,28-,29-,30-,31-/m0/s1. The zero-order chi connectivity index (χ0) is 30.8. The van der Waals surface area contributed by atoms with Gasteiger partial charge in [0.1, 0.15) is 17.7 Å². The molecule has 11 heteroatoms. The molecule has 4 aliphatic carbocycles. The molecule has 1 aromatic rings. The number of fused-ring (bicyclic) bond motifs is 5. The molecule has 0 bridgehead atoms. The predicted octanol–water partition coefficient (Wildman–Crippen LogP) is 2.27. The van der Waals surface area contributed by atoms with Crippen molar-refractivity contribution in [3.8, 4) is 0 Å². The lowest BCUT2D eigenvalue weighted by Gasteiger charge is -2.64. The third kappa shape index (κ3) is 4.30. The lowest BCUT2D eigenvalue weighted by molar-refractivity contribution is -0.232. The first-order chi connectivity index (χ1) is 19.6. The smallest absolute Gasteiger partial charge is 0.329 e. The van der Waals surface area contributed by atoms with Crippen molar-refractivity contribution in [3.63, 3.8) is 0 Å². The summed E-state index contributed by atoms with van der Waals surface area (Å²) in [7, 11) is 0. The fraction of sp³-hybridized carbons (Fsp3) is 0.645. The maximum atomic E-state index is 18.4. The lowest BCUT2D eigenvalue weighted by Crippen LogP contribution is -2.70. The summed E-state index contributed by atoms with van der Waals surface area (Å²) in [6.45, 7) is 8.32. The number of aliphatic hydroxyl groups is 1. The van der Waals surface area contributed by atoms with E-state index in [9.17, 15) is 24.3 Å². The second-order valence-corrected chi connectivity index (χ2v) is 13.3. The Labute approximate surface area is 244 Å². The molecule has 1 amide bonds. The third-order valence-corrected chi connectivity index (χ3v) is 10.9. The molecular weight excluding hydrogens is 543 g/mol. The van der Waals surface area contributed by atoms with Crippen LogP contribution >= 0.6 is 0 Å². The molecule has 228 valence electrons. The molecule has 1 aromatic heterocycles. The average Bonchev–Trinajstić information content (AvgIpc) is 3.53.